The van der Waals surface area contributed by atoms with E-state index in [0.29, 0.717) is 18.9 Å². The first-order valence-corrected chi connectivity index (χ1v) is 6.27. The predicted octanol–water partition coefficient (Wildman–Crippen LogP) is 0.980. The van der Waals surface area contributed by atoms with Crippen LogP contribution in [0.3, 0.4) is 0 Å². The predicted molar refractivity (Wildman–Crippen MR) is 67.8 cm³/mol. The summed E-state index contributed by atoms with van der Waals surface area (Å²) in [4.78, 5) is 4.19. The molecule has 0 fully saturated rings. The molecule has 0 bridgehead atoms. The zero-order valence-corrected chi connectivity index (χ0v) is 11.3. The lowest BCUT2D eigenvalue weighted by Gasteiger charge is -2.23. The summed E-state index contributed by atoms with van der Waals surface area (Å²) in [6.45, 7) is 9.67. The Kier molecular flexibility index (Phi) is 5.08. The minimum Gasteiger partial charge on any atom is -0.390 e. The van der Waals surface area contributed by atoms with Gasteiger partial charge in [0.2, 0.25) is 0 Å². The molecule has 1 aromatic heterocycles. The normalized spacial score (nSPS) is 15.2. The molecule has 0 aliphatic carbocycles. The highest BCUT2D eigenvalue weighted by molar-refractivity contribution is 4.93. The van der Waals surface area contributed by atoms with Crippen molar-refractivity contribution < 1.29 is 5.11 Å². The molecule has 0 radical (unpaired) electrons. The van der Waals surface area contributed by atoms with Gasteiger partial charge in [-0.3, -0.25) is 4.68 Å². The average Bonchev–Trinajstić information content (AvgIpc) is 2.63. The highest BCUT2D eigenvalue weighted by Gasteiger charge is 2.23. The van der Waals surface area contributed by atoms with Gasteiger partial charge in [-0.2, -0.15) is 5.10 Å². The Morgan fingerprint density at radius 2 is 2.24 bits per heavy atom. The van der Waals surface area contributed by atoms with E-state index in [2.05, 4.69) is 29.2 Å². The third kappa shape index (κ3) is 4.83. The van der Waals surface area contributed by atoms with Gasteiger partial charge < -0.3 is 10.4 Å². The molecule has 1 unspecified atom stereocenters. The summed E-state index contributed by atoms with van der Waals surface area (Å²) < 4.78 is 1.82. The van der Waals surface area contributed by atoms with Gasteiger partial charge in [-0.05, 0) is 26.8 Å². The standard InChI is InChI=1S/C12H24N4O/c1-5-16-11(14-9-15-16)8-12(4,17)6-7-13-10(2)3/h9-10,13,17H,5-8H2,1-4H3. The number of nitrogens with one attached hydrogen (secondary N) is 1. The molecule has 5 nitrogen and oxygen atoms in total. The number of hydrogen-bond acceptors (Lipinski definition) is 4. The molecule has 5 heteroatoms. The summed E-state index contributed by atoms with van der Waals surface area (Å²) >= 11 is 0. The molecule has 98 valence electrons. The molecule has 17 heavy (non-hydrogen) atoms. The van der Waals surface area contributed by atoms with Gasteiger partial charge in [0.1, 0.15) is 12.2 Å². The lowest BCUT2D eigenvalue weighted by Crippen LogP contribution is -2.35. The van der Waals surface area contributed by atoms with Crippen LogP contribution < -0.4 is 5.32 Å². The van der Waals surface area contributed by atoms with Crippen LogP contribution in [-0.4, -0.2) is 38.1 Å². The van der Waals surface area contributed by atoms with E-state index in [1.165, 1.54) is 0 Å². The lowest BCUT2D eigenvalue weighted by atomic mass is 9.97. The largest absolute Gasteiger partial charge is 0.390 e. The van der Waals surface area contributed by atoms with Crippen LogP contribution in [0.2, 0.25) is 0 Å². The smallest absolute Gasteiger partial charge is 0.138 e. The van der Waals surface area contributed by atoms with E-state index >= 15 is 0 Å². The molecule has 1 atom stereocenters. The molecule has 0 saturated carbocycles. The molecule has 0 amide bonds. The Bertz CT molecular complexity index is 333. The molecule has 0 aliphatic rings. The van der Waals surface area contributed by atoms with E-state index in [-0.39, 0.29) is 0 Å². The van der Waals surface area contributed by atoms with Crippen molar-refractivity contribution in [2.24, 2.45) is 0 Å². The fourth-order valence-corrected chi connectivity index (χ4v) is 1.75. The Morgan fingerprint density at radius 1 is 1.53 bits per heavy atom. The van der Waals surface area contributed by atoms with E-state index < -0.39 is 5.60 Å². The maximum absolute atomic E-state index is 10.3. The zero-order chi connectivity index (χ0) is 12.9. The van der Waals surface area contributed by atoms with Crippen molar-refractivity contribution in [2.75, 3.05) is 6.54 Å². The van der Waals surface area contributed by atoms with Crippen LogP contribution >= 0.6 is 0 Å². The quantitative estimate of drug-likeness (QED) is 0.746. The van der Waals surface area contributed by atoms with Gasteiger partial charge in [-0.25, -0.2) is 4.98 Å². The number of aliphatic hydroxyl groups is 1. The molecule has 0 spiro atoms. The minimum atomic E-state index is -0.734. The molecule has 1 heterocycles. The van der Waals surface area contributed by atoms with E-state index in [0.717, 1.165) is 18.9 Å². The third-order valence-electron chi connectivity index (χ3n) is 2.75. The minimum absolute atomic E-state index is 0.449. The van der Waals surface area contributed by atoms with Crippen LogP contribution in [0, 0.1) is 0 Å². The maximum atomic E-state index is 10.3. The number of nitrogens with zero attached hydrogens (tertiary/aromatic N) is 3. The molecule has 0 saturated heterocycles. The van der Waals surface area contributed by atoms with E-state index in [9.17, 15) is 5.11 Å². The molecule has 2 N–H and O–H groups in total. The SMILES string of the molecule is CCn1ncnc1CC(C)(O)CCNC(C)C. The van der Waals surface area contributed by atoms with Crippen molar-refractivity contribution in [3.05, 3.63) is 12.2 Å². The van der Waals surface area contributed by atoms with Crippen molar-refractivity contribution in [3.63, 3.8) is 0 Å². The molecule has 0 aromatic carbocycles. The first-order chi connectivity index (χ1) is 7.94. The second kappa shape index (κ2) is 6.12. The van der Waals surface area contributed by atoms with E-state index in [4.69, 9.17) is 0 Å². The van der Waals surface area contributed by atoms with Crippen molar-refractivity contribution >= 4 is 0 Å². The molecular formula is C12H24N4O. The summed E-state index contributed by atoms with van der Waals surface area (Å²) in [7, 11) is 0. The monoisotopic (exact) mass is 240 g/mol. The van der Waals surface area contributed by atoms with Crippen LogP contribution in [0.4, 0.5) is 0 Å². The Balaban J connectivity index is 2.48. The van der Waals surface area contributed by atoms with Crippen molar-refractivity contribution in [2.45, 2.75) is 58.7 Å². The van der Waals surface area contributed by atoms with Gasteiger partial charge in [-0.15, -0.1) is 0 Å². The number of hydrogen-bond donors (Lipinski definition) is 2. The van der Waals surface area contributed by atoms with Gasteiger partial charge in [0.05, 0.1) is 5.60 Å². The Labute approximate surface area is 103 Å². The summed E-state index contributed by atoms with van der Waals surface area (Å²) in [5.74, 6) is 0.849. The Hall–Kier alpha value is -0.940. The number of aromatic nitrogens is 3. The topological polar surface area (TPSA) is 63.0 Å². The fourth-order valence-electron chi connectivity index (χ4n) is 1.75. The maximum Gasteiger partial charge on any atom is 0.138 e. The van der Waals surface area contributed by atoms with Crippen LogP contribution in [0.5, 0.6) is 0 Å². The summed E-state index contributed by atoms with van der Waals surface area (Å²) in [6.07, 6.45) is 2.80. The van der Waals surface area contributed by atoms with Crippen molar-refractivity contribution in [3.8, 4) is 0 Å². The highest BCUT2D eigenvalue weighted by atomic mass is 16.3. The fraction of sp³-hybridized carbons (Fsp3) is 0.833. The van der Waals surface area contributed by atoms with Crippen LogP contribution in [0.15, 0.2) is 6.33 Å². The summed E-state index contributed by atoms with van der Waals surface area (Å²) in [6, 6.07) is 0.449. The summed E-state index contributed by atoms with van der Waals surface area (Å²) in [5.41, 5.74) is -0.734. The van der Waals surface area contributed by atoms with Crippen molar-refractivity contribution in [1.29, 1.82) is 0 Å². The zero-order valence-electron chi connectivity index (χ0n) is 11.3. The van der Waals surface area contributed by atoms with Crippen LogP contribution in [-0.2, 0) is 13.0 Å². The van der Waals surface area contributed by atoms with Gasteiger partial charge in [0.15, 0.2) is 0 Å². The lowest BCUT2D eigenvalue weighted by molar-refractivity contribution is 0.0480. The second-order valence-corrected chi connectivity index (χ2v) is 5.02. The van der Waals surface area contributed by atoms with Crippen LogP contribution in [0.1, 0.15) is 39.9 Å². The first kappa shape index (κ1) is 14.1. The summed E-state index contributed by atoms with van der Waals surface area (Å²) in [5, 5.41) is 17.7. The number of aryl methyl sites for hydroxylation is 1. The Morgan fingerprint density at radius 3 is 2.82 bits per heavy atom. The van der Waals surface area contributed by atoms with E-state index in [1.807, 2.05) is 18.5 Å². The van der Waals surface area contributed by atoms with Gasteiger partial charge in [0, 0.05) is 19.0 Å². The first-order valence-electron chi connectivity index (χ1n) is 6.27. The van der Waals surface area contributed by atoms with Gasteiger partial charge in [-0.1, -0.05) is 13.8 Å². The van der Waals surface area contributed by atoms with Gasteiger partial charge >= 0.3 is 0 Å². The molecular weight excluding hydrogens is 216 g/mol. The molecule has 1 aromatic rings. The average molecular weight is 240 g/mol. The molecule has 0 aliphatic heterocycles. The molecule has 1 rings (SSSR count). The van der Waals surface area contributed by atoms with E-state index in [1.54, 1.807) is 6.33 Å². The van der Waals surface area contributed by atoms with Gasteiger partial charge in [0.25, 0.3) is 0 Å². The number of rotatable bonds is 7. The highest BCUT2D eigenvalue weighted by Crippen LogP contribution is 2.14. The second-order valence-electron chi connectivity index (χ2n) is 5.02. The van der Waals surface area contributed by atoms with Crippen molar-refractivity contribution in [1.82, 2.24) is 20.1 Å². The van der Waals surface area contributed by atoms with Crippen LogP contribution in [0.25, 0.3) is 0 Å². The third-order valence-corrected chi connectivity index (χ3v) is 2.75.